The second-order valence-corrected chi connectivity index (χ2v) is 7.10. The van der Waals surface area contributed by atoms with Crippen LogP contribution in [0.1, 0.15) is 5.56 Å². The fourth-order valence-electron chi connectivity index (χ4n) is 2.79. The summed E-state index contributed by atoms with van der Waals surface area (Å²) in [5.41, 5.74) is 1.50. The van der Waals surface area contributed by atoms with Gasteiger partial charge in [-0.1, -0.05) is 17.4 Å². The number of nitro groups is 1. The SMILES string of the molecule is C=CCn1c(=NC(=O)C=Cc2ccc([N+](=O)[O-])cc2)sc2cc(OC)c(OC)cc21. The van der Waals surface area contributed by atoms with Crippen molar-refractivity contribution in [3.05, 3.63) is 75.6 Å². The van der Waals surface area contributed by atoms with E-state index in [9.17, 15) is 14.9 Å². The molecule has 2 aromatic carbocycles. The summed E-state index contributed by atoms with van der Waals surface area (Å²) in [5.74, 6) is 0.723. The van der Waals surface area contributed by atoms with Crippen molar-refractivity contribution in [1.29, 1.82) is 0 Å². The molecule has 154 valence electrons. The van der Waals surface area contributed by atoms with Crippen LogP contribution in [0, 0.1) is 10.1 Å². The molecule has 3 aromatic rings. The summed E-state index contributed by atoms with van der Waals surface area (Å²) in [5, 5.41) is 10.7. The number of nitrogens with zero attached hydrogens (tertiary/aromatic N) is 3. The Morgan fingerprint density at radius 3 is 2.50 bits per heavy atom. The van der Waals surface area contributed by atoms with Gasteiger partial charge in [-0.2, -0.15) is 4.99 Å². The Morgan fingerprint density at radius 2 is 1.90 bits per heavy atom. The number of rotatable bonds is 7. The van der Waals surface area contributed by atoms with E-state index in [0.717, 1.165) is 10.2 Å². The molecule has 0 saturated heterocycles. The number of hydrogen-bond acceptors (Lipinski definition) is 6. The number of aromatic nitrogens is 1. The lowest BCUT2D eigenvalue weighted by Gasteiger charge is -2.08. The van der Waals surface area contributed by atoms with Crippen molar-refractivity contribution in [2.24, 2.45) is 4.99 Å². The number of non-ortho nitro benzene ring substituents is 1. The molecule has 0 spiro atoms. The molecular weight excluding hydrogens is 406 g/mol. The number of allylic oxidation sites excluding steroid dienone is 1. The summed E-state index contributed by atoms with van der Waals surface area (Å²) in [4.78, 5) is 27.4. The van der Waals surface area contributed by atoms with Gasteiger partial charge in [0.2, 0.25) is 0 Å². The van der Waals surface area contributed by atoms with Crippen molar-refractivity contribution < 1.29 is 19.2 Å². The number of fused-ring (bicyclic) bond motifs is 1. The number of methoxy groups -OCH3 is 2. The molecule has 1 heterocycles. The van der Waals surface area contributed by atoms with E-state index in [1.54, 1.807) is 38.5 Å². The average Bonchev–Trinajstić information content (AvgIpc) is 3.07. The quantitative estimate of drug-likeness (QED) is 0.247. The van der Waals surface area contributed by atoms with E-state index in [1.165, 1.54) is 29.5 Å². The molecule has 0 atom stereocenters. The van der Waals surface area contributed by atoms with Gasteiger partial charge in [-0.05, 0) is 23.8 Å². The minimum atomic E-state index is -0.474. The summed E-state index contributed by atoms with van der Waals surface area (Å²) in [6.45, 7) is 4.24. The number of carbonyl (C=O) groups is 1. The molecule has 0 aliphatic rings. The van der Waals surface area contributed by atoms with Crippen molar-refractivity contribution in [1.82, 2.24) is 4.57 Å². The molecule has 0 saturated carbocycles. The number of nitro benzene ring substituents is 1. The highest BCUT2D eigenvalue weighted by Gasteiger charge is 2.12. The molecule has 1 amide bonds. The zero-order chi connectivity index (χ0) is 21.7. The van der Waals surface area contributed by atoms with Crippen LogP contribution in [0.2, 0.25) is 0 Å². The first-order valence-electron chi connectivity index (χ1n) is 8.84. The minimum absolute atomic E-state index is 0.00948. The van der Waals surface area contributed by atoms with E-state index in [4.69, 9.17) is 9.47 Å². The Balaban J connectivity index is 1.97. The molecule has 0 fully saturated rings. The average molecular weight is 425 g/mol. The molecule has 9 heteroatoms. The third-order valence-corrected chi connectivity index (χ3v) is 5.27. The number of thiazole rings is 1. The van der Waals surface area contributed by atoms with Crippen molar-refractivity contribution >= 4 is 39.2 Å². The van der Waals surface area contributed by atoms with Crippen LogP contribution >= 0.6 is 11.3 Å². The third kappa shape index (κ3) is 4.47. The molecule has 0 bridgehead atoms. The zero-order valence-corrected chi connectivity index (χ0v) is 17.2. The second-order valence-electron chi connectivity index (χ2n) is 6.09. The van der Waals surface area contributed by atoms with Crippen LogP contribution in [-0.2, 0) is 11.3 Å². The van der Waals surface area contributed by atoms with Gasteiger partial charge in [-0.25, -0.2) is 0 Å². The van der Waals surface area contributed by atoms with Crippen molar-refractivity contribution in [3.63, 3.8) is 0 Å². The number of carbonyl (C=O) groups excluding carboxylic acids is 1. The highest BCUT2D eigenvalue weighted by molar-refractivity contribution is 7.16. The van der Waals surface area contributed by atoms with Crippen LogP contribution in [0.3, 0.4) is 0 Å². The fourth-order valence-corrected chi connectivity index (χ4v) is 3.85. The second kappa shape index (κ2) is 9.19. The Bertz CT molecular complexity index is 1210. The Morgan fingerprint density at radius 1 is 1.23 bits per heavy atom. The monoisotopic (exact) mass is 425 g/mol. The molecule has 1 aromatic heterocycles. The molecule has 0 radical (unpaired) electrons. The summed E-state index contributed by atoms with van der Waals surface area (Å²) >= 11 is 1.35. The van der Waals surface area contributed by atoms with Crippen LogP contribution in [0.5, 0.6) is 11.5 Å². The minimum Gasteiger partial charge on any atom is -0.493 e. The lowest BCUT2D eigenvalue weighted by atomic mass is 10.2. The number of hydrogen-bond donors (Lipinski definition) is 0. The van der Waals surface area contributed by atoms with Crippen molar-refractivity contribution in [3.8, 4) is 11.5 Å². The van der Waals surface area contributed by atoms with E-state index in [0.29, 0.717) is 28.4 Å². The molecule has 3 rings (SSSR count). The number of amides is 1. The van der Waals surface area contributed by atoms with Gasteiger partial charge in [0.1, 0.15) is 0 Å². The highest BCUT2D eigenvalue weighted by Crippen LogP contribution is 2.33. The van der Waals surface area contributed by atoms with Crippen molar-refractivity contribution in [2.75, 3.05) is 14.2 Å². The van der Waals surface area contributed by atoms with Gasteiger partial charge in [0.15, 0.2) is 16.3 Å². The van der Waals surface area contributed by atoms with Gasteiger partial charge in [0.25, 0.3) is 11.6 Å². The van der Waals surface area contributed by atoms with E-state index in [2.05, 4.69) is 11.6 Å². The van der Waals surface area contributed by atoms with E-state index in [-0.39, 0.29) is 5.69 Å². The first-order chi connectivity index (χ1) is 14.5. The summed E-state index contributed by atoms with van der Waals surface area (Å²) in [6, 6.07) is 9.58. The van der Waals surface area contributed by atoms with Crippen LogP contribution < -0.4 is 14.3 Å². The lowest BCUT2D eigenvalue weighted by molar-refractivity contribution is -0.384. The maximum Gasteiger partial charge on any atom is 0.272 e. The predicted molar refractivity (Wildman–Crippen MR) is 116 cm³/mol. The topological polar surface area (TPSA) is 96.0 Å². The molecule has 0 unspecified atom stereocenters. The maximum atomic E-state index is 12.4. The predicted octanol–water partition coefficient (Wildman–Crippen LogP) is 3.95. The van der Waals surface area contributed by atoms with E-state index in [1.807, 2.05) is 16.7 Å². The van der Waals surface area contributed by atoms with Gasteiger partial charge < -0.3 is 14.0 Å². The third-order valence-electron chi connectivity index (χ3n) is 4.23. The van der Waals surface area contributed by atoms with Gasteiger partial charge in [0.05, 0.1) is 29.4 Å². The molecule has 0 N–H and O–H groups in total. The fraction of sp³-hybridized carbons (Fsp3) is 0.143. The summed E-state index contributed by atoms with van der Waals surface area (Å²) in [7, 11) is 3.12. The Kier molecular flexibility index (Phi) is 6.43. The van der Waals surface area contributed by atoms with Gasteiger partial charge in [0, 0.05) is 36.9 Å². The lowest BCUT2D eigenvalue weighted by Crippen LogP contribution is -2.15. The normalized spacial score (nSPS) is 11.7. The molecular formula is C21H19N3O5S. The van der Waals surface area contributed by atoms with E-state index >= 15 is 0 Å². The van der Waals surface area contributed by atoms with Crippen molar-refractivity contribution in [2.45, 2.75) is 6.54 Å². The van der Waals surface area contributed by atoms with Crippen LogP contribution in [0.15, 0.2) is 60.1 Å². The maximum absolute atomic E-state index is 12.4. The van der Waals surface area contributed by atoms with E-state index < -0.39 is 10.8 Å². The smallest absolute Gasteiger partial charge is 0.272 e. The summed E-state index contributed by atoms with van der Waals surface area (Å²) in [6.07, 6.45) is 4.61. The first kappa shape index (κ1) is 21.0. The van der Waals surface area contributed by atoms with Gasteiger partial charge >= 0.3 is 0 Å². The molecule has 0 aliphatic carbocycles. The Hall–Kier alpha value is -3.72. The van der Waals surface area contributed by atoms with Crippen LogP contribution in [-0.4, -0.2) is 29.6 Å². The standard InChI is InChI=1S/C21H19N3O5S/c1-4-11-23-16-12-17(28-2)18(29-3)13-19(16)30-21(23)22-20(25)10-7-14-5-8-15(9-6-14)24(26)27/h4-10,12-13H,1,11H2,2-3H3. The van der Waals surface area contributed by atoms with Gasteiger partial charge in [-0.3, -0.25) is 14.9 Å². The molecule has 8 nitrogen and oxygen atoms in total. The molecule has 0 aliphatic heterocycles. The largest absolute Gasteiger partial charge is 0.493 e. The van der Waals surface area contributed by atoms with Crippen LogP contribution in [0.25, 0.3) is 16.3 Å². The highest BCUT2D eigenvalue weighted by atomic mass is 32.1. The first-order valence-corrected chi connectivity index (χ1v) is 9.66. The number of ether oxygens (including phenoxy) is 2. The number of benzene rings is 2. The zero-order valence-electron chi connectivity index (χ0n) is 16.4. The van der Waals surface area contributed by atoms with Crippen LogP contribution in [0.4, 0.5) is 5.69 Å². The van der Waals surface area contributed by atoms with Gasteiger partial charge in [-0.15, -0.1) is 6.58 Å². The summed E-state index contributed by atoms with van der Waals surface area (Å²) < 4.78 is 13.5. The molecule has 30 heavy (non-hydrogen) atoms. The Labute approximate surface area is 176 Å².